The van der Waals surface area contributed by atoms with Crippen molar-refractivity contribution in [2.24, 2.45) is 0 Å². The van der Waals surface area contributed by atoms with E-state index in [2.05, 4.69) is 4.72 Å². The van der Waals surface area contributed by atoms with Crippen molar-refractivity contribution in [1.82, 2.24) is 9.62 Å². The van der Waals surface area contributed by atoms with E-state index in [9.17, 15) is 17.7 Å². The van der Waals surface area contributed by atoms with Crippen LogP contribution >= 0.6 is 0 Å². The third-order valence-electron chi connectivity index (χ3n) is 5.04. The van der Waals surface area contributed by atoms with Crippen molar-refractivity contribution in [2.75, 3.05) is 20.7 Å². The summed E-state index contributed by atoms with van der Waals surface area (Å²) >= 11 is -1.60. The van der Waals surface area contributed by atoms with Crippen LogP contribution in [-0.2, 0) is 23.4 Å². The van der Waals surface area contributed by atoms with E-state index in [0.29, 0.717) is 25.2 Å². The van der Waals surface area contributed by atoms with E-state index in [-0.39, 0.29) is 12.0 Å². The first kappa shape index (κ1) is 25.5. The molecular formula is C23H31F3N2O2S. The molecule has 0 aromatic heterocycles. The Morgan fingerprint density at radius 1 is 1.03 bits per heavy atom. The molecular weight excluding hydrogens is 425 g/mol. The van der Waals surface area contributed by atoms with E-state index in [4.69, 9.17) is 4.74 Å². The molecule has 0 saturated carbocycles. The predicted molar refractivity (Wildman–Crippen MR) is 119 cm³/mol. The van der Waals surface area contributed by atoms with Crippen LogP contribution in [0.3, 0.4) is 0 Å². The molecule has 0 aliphatic rings. The number of benzene rings is 2. The summed E-state index contributed by atoms with van der Waals surface area (Å²) < 4.78 is 63.0. The van der Waals surface area contributed by atoms with E-state index in [0.717, 1.165) is 11.3 Å². The molecule has 2 aromatic carbocycles. The Morgan fingerprint density at radius 3 is 2.06 bits per heavy atom. The van der Waals surface area contributed by atoms with Crippen LogP contribution in [-0.4, -0.2) is 34.9 Å². The number of ether oxygens (including phenoxy) is 1. The van der Waals surface area contributed by atoms with E-state index < -0.39 is 39.1 Å². The first-order valence-corrected chi connectivity index (χ1v) is 11.2. The zero-order valence-corrected chi connectivity index (χ0v) is 19.7. The monoisotopic (exact) mass is 456 g/mol. The number of nitrogens with zero attached hydrogens (tertiary/aromatic N) is 1. The van der Waals surface area contributed by atoms with E-state index >= 15 is 0 Å². The standard InChI is InChI=1S/C23H31F3N2O2S/c1-22(2,3)31(29)27-23(4,21-19(25)13-17(24)14-20(21)26)11-12-28(5)15-16-7-9-18(30-6)10-8-16/h7-10,13-14,27H,11-12,15H2,1-6H3/t23-,31?/m0/s1. The smallest absolute Gasteiger partial charge is 0.136 e. The Balaban J connectivity index is 2.24. The van der Waals surface area contributed by atoms with Crippen LogP contribution in [0.1, 0.15) is 45.2 Å². The van der Waals surface area contributed by atoms with Crippen LogP contribution in [0.5, 0.6) is 5.75 Å². The molecule has 2 atom stereocenters. The topological polar surface area (TPSA) is 47.6 Å². The first-order chi connectivity index (χ1) is 14.4. The van der Waals surface area contributed by atoms with Gasteiger partial charge < -0.3 is 14.2 Å². The second-order valence-electron chi connectivity index (χ2n) is 8.90. The highest BCUT2D eigenvalue weighted by atomic mass is 32.2. The van der Waals surface area contributed by atoms with Crippen LogP contribution in [0.2, 0.25) is 0 Å². The quantitative estimate of drug-likeness (QED) is 0.545. The van der Waals surface area contributed by atoms with Gasteiger partial charge in [-0.05, 0) is 58.9 Å². The number of hydrogen-bond acceptors (Lipinski definition) is 4. The van der Waals surface area contributed by atoms with Gasteiger partial charge in [0.2, 0.25) is 0 Å². The molecule has 172 valence electrons. The summed E-state index contributed by atoms with van der Waals surface area (Å²) in [6.45, 7) is 7.96. The van der Waals surface area contributed by atoms with Crippen molar-refractivity contribution in [3.8, 4) is 5.75 Å². The van der Waals surface area contributed by atoms with Gasteiger partial charge in [0.15, 0.2) is 0 Å². The highest BCUT2D eigenvalue weighted by Gasteiger charge is 2.40. The molecule has 0 saturated heterocycles. The summed E-state index contributed by atoms with van der Waals surface area (Å²) in [6, 6.07) is 8.93. The fourth-order valence-electron chi connectivity index (χ4n) is 3.19. The van der Waals surface area contributed by atoms with Gasteiger partial charge in [0.25, 0.3) is 0 Å². The number of halogens is 3. The van der Waals surface area contributed by atoms with Gasteiger partial charge in [-0.25, -0.2) is 13.2 Å². The zero-order chi connectivity index (χ0) is 23.4. The maximum atomic E-state index is 14.7. The van der Waals surface area contributed by atoms with Crippen LogP contribution in [0.25, 0.3) is 0 Å². The van der Waals surface area contributed by atoms with E-state index in [1.54, 1.807) is 34.8 Å². The molecule has 2 aromatic rings. The molecule has 8 heteroatoms. The molecule has 0 aliphatic heterocycles. The molecule has 0 spiro atoms. The molecule has 0 bridgehead atoms. The normalized spacial score (nSPS) is 15.1. The SMILES string of the molecule is COc1ccc(CN(C)CC[C@](C)(N[S+]([O-])C(C)(C)C)c2c(F)cc(F)cc2F)cc1. The lowest BCUT2D eigenvalue weighted by atomic mass is 9.88. The fourth-order valence-corrected chi connectivity index (χ4v) is 4.11. The first-order valence-electron chi connectivity index (χ1n) is 10.0. The largest absolute Gasteiger partial charge is 0.598 e. The Kier molecular flexibility index (Phi) is 8.44. The van der Waals surface area contributed by atoms with Gasteiger partial charge in [0.1, 0.15) is 27.9 Å². The summed E-state index contributed by atoms with van der Waals surface area (Å²) in [5.74, 6) is -2.24. The number of nitrogens with one attached hydrogen (secondary N) is 1. The third-order valence-corrected chi connectivity index (χ3v) is 6.79. The minimum atomic E-state index is -1.60. The van der Waals surface area contributed by atoms with Crippen LogP contribution in [0.15, 0.2) is 36.4 Å². The zero-order valence-electron chi connectivity index (χ0n) is 18.9. The van der Waals surface area contributed by atoms with Gasteiger partial charge in [0, 0.05) is 42.1 Å². The highest BCUT2D eigenvalue weighted by Crippen LogP contribution is 2.33. The highest BCUT2D eigenvalue weighted by molar-refractivity contribution is 7.90. The molecule has 0 aliphatic carbocycles. The maximum Gasteiger partial charge on any atom is 0.136 e. The lowest BCUT2D eigenvalue weighted by Gasteiger charge is -2.36. The third kappa shape index (κ3) is 6.87. The fraction of sp³-hybridized carbons (Fsp3) is 0.478. The van der Waals surface area contributed by atoms with Crippen molar-refractivity contribution >= 4 is 11.4 Å². The summed E-state index contributed by atoms with van der Waals surface area (Å²) in [5.41, 5.74) is -0.575. The number of rotatable bonds is 9. The van der Waals surface area contributed by atoms with Crippen LogP contribution in [0.4, 0.5) is 13.2 Å². The van der Waals surface area contributed by atoms with Gasteiger partial charge in [-0.1, -0.05) is 12.1 Å². The lowest BCUT2D eigenvalue weighted by molar-refractivity contribution is 0.262. The van der Waals surface area contributed by atoms with E-state index in [1.807, 2.05) is 36.2 Å². The van der Waals surface area contributed by atoms with Gasteiger partial charge in [0.05, 0.1) is 12.6 Å². The molecule has 0 amide bonds. The Bertz CT molecular complexity index is 851. The average Bonchev–Trinajstić information content (AvgIpc) is 2.65. The lowest BCUT2D eigenvalue weighted by Crippen LogP contribution is -2.51. The van der Waals surface area contributed by atoms with Gasteiger partial charge >= 0.3 is 0 Å². The Labute approximate surface area is 186 Å². The molecule has 2 rings (SSSR count). The molecule has 31 heavy (non-hydrogen) atoms. The van der Waals surface area contributed by atoms with Crippen LogP contribution in [0, 0.1) is 17.5 Å². The Hall–Kier alpha value is -1.74. The van der Waals surface area contributed by atoms with Crippen molar-refractivity contribution in [3.63, 3.8) is 0 Å². The second kappa shape index (κ2) is 10.3. The number of methoxy groups -OCH3 is 1. The molecule has 1 unspecified atom stereocenters. The minimum Gasteiger partial charge on any atom is -0.598 e. The molecule has 0 fully saturated rings. The average molecular weight is 457 g/mol. The predicted octanol–water partition coefficient (Wildman–Crippen LogP) is 4.90. The summed E-state index contributed by atoms with van der Waals surface area (Å²) in [7, 11) is 3.49. The van der Waals surface area contributed by atoms with E-state index in [1.165, 1.54) is 0 Å². The summed E-state index contributed by atoms with van der Waals surface area (Å²) in [5, 5.41) is 0. The Morgan fingerprint density at radius 2 is 1.58 bits per heavy atom. The van der Waals surface area contributed by atoms with Crippen molar-refractivity contribution in [1.29, 1.82) is 0 Å². The van der Waals surface area contributed by atoms with Gasteiger partial charge in [-0.3, -0.25) is 0 Å². The molecule has 4 nitrogen and oxygen atoms in total. The molecule has 0 radical (unpaired) electrons. The van der Waals surface area contributed by atoms with Crippen molar-refractivity contribution in [2.45, 2.75) is 50.9 Å². The minimum absolute atomic E-state index is 0.251. The second-order valence-corrected chi connectivity index (χ2v) is 10.9. The maximum absolute atomic E-state index is 14.7. The van der Waals surface area contributed by atoms with Crippen LogP contribution < -0.4 is 9.46 Å². The number of hydrogen-bond donors (Lipinski definition) is 1. The summed E-state index contributed by atoms with van der Waals surface area (Å²) in [6.07, 6.45) is 0.251. The van der Waals surface area contributed by atoms with Crippen molar-refractivity contribution < 1.29 is 22.5 Å². The molecule has 0 heterocycles. The summed E-state index contributed by atoms with van der Waals surface area (Å²) in [4.78, 5) is 2.00. The molecule has 1 N–H and O–H groups in total. The van der Waals surface area contributed by atoms with Gasteiger partial charge in [-0.15, -0.1) is 4.72 Å². The van der Waals surface area contributed by atoms with Gasteiger partial charge in [-0.2, -0.15) is 0 Å². The van der Waals surface area contributed by atoms with Crippen molar-refractivity contribution in [3.05, 3.63) is 65.0 Å².